The molecule has 316 valence electrons. The molecule has 3 aromatic rings. The van der Waals surface area contributed by atoms with E-state index in [1.54, 1.807) is 18.2 Å². The maximum absolute atomic E-state index is 13.8. The lowest BCUT2D eigenvalue weighted by Gasteiger charge is -2.33. The summed E-state index contributed by atoms with van der Waals surface area (Å²) in [6, 6.07) is 4.73. The highest BCUT2D eigenvalue weighted by atomic mass is 32.2. The van der Waals surface area contributed by atoms with E-state index in [0.717, 1.165) is 31.2 Å². The van der Waals surface area contributed by atoms with Crippen molar-refractivity contribution < 1.29 is 62.2 Å². The molecule has 0 atom stereocenters. The van der Waals surface area contributed by atoms with E-state index in [-0.39, 0.29) is 29.5 Å². The topological polar surface area (TPSA) is 268 Å². The fourth-order valence-corrected chi connectivity index (χ4v) is 7.43. The second kappa shape index (κ2) is 21.6. The number of carbonyl (C=O) groups excluding carboxylic acids is 1. The number of aryl methyl sites for hydroxylation is 2. The van der Waals surface area contributed by atoms with Gasteiger partial charge >= 0.3 is 23.9 Å². The third-order valence-corrected chi connectivity index (χ3v) is 10.7. The second-order valence-electron chi connectivity index (χ2n) is 13.3. The van der Waals surface area contributed by atoms with Gasteiger partial charge in [0, 0.05) is 52.1 Å². The number of H-pyrrole nitrogens is 1. The molecule has 0 unspecified atom stereocenters. The zero-order chi connectivity index (χ0) is 42.3. The predicted molar refractivity (Wildman–Crippen MR) is 206 cm³/mol. The van der Waals surface area contributed by atoms with E-state index in [1.807, 2.05) is 31.5 Å². The quantitative estimate of drug-likeness (QED) is 0.0761. The van der Waals surface area contributed by atoms with Crippen molar-refractivity contribution in [2.45, 2.75) is 83.3 Å². The third-order valence-electron chi connectivity index (χ3n) is 8.82. The molecule has 1 saturated heterocycles. The van der Waals surface area contributed by atoms with Crippen LogP contribution in [0.1, 0.15) is 65.4 Å². The Kier molecular flexibility index (Phi) is 17.6. The SMILES string of the molecule is CCCOCC(=O)OCCN1CCN(S(=O)(=O)c2ccc(OCCC)c(-c3nc4c(CCC)cn(CC)c4c(=O)[nH]3)c2)CC1.O=C(O)CC(O)(CC(=O)O)C(=O)O. The van der Waals surface area contributed by atoms with Crippen molar-refractivity contribution >= 4 is 44.9 Å². The van der Waals surface area contributed by atoms with Gasteiger partial charge in [0.2, 0.25) is 10.0 Å². The molecule has 2 aromatic heterocycles. The molecule has 1 fully saturated rings. The number of aromatic amines is 1. The number of aliphatic carboxylic acids is 3. The number of aliphatic hydroxyl groups is 1. The molecule has 0 saturated carbocycles. The Morgan fingerprint density at radius 3 is 2.12 bits per heavy atom. The average Bonchev–Trinajstić information content (AvgIpc) is 3.51. The first kappa shape index (κ1) is 46.5. The number of nitrogens with one attached hydrogen (secondary N) is 1. The van der Waals surface area contributed by atoms with Gasteiger partial charge in [-0.25, -0.2) is 23.0 Å². The summed E-state index contributed by atoms with van der Waals surface area (Å²) in [5.41, 5.74) is -0.478. The fourth-order valence-electron chi connectivity index (χ4n) is 5.98. The number of piperazine rings is 1. The molecule has 57 heavy (non-hydrogen) atoms. The molecule has 4 rings (SSSR count). The van der Waals surface area contributed by atoms with Crippen LogP contribution in [-0.2, 0) is 51.6 Å². The molecule has 3 heterocycles. The van der Waals surface area contributed by atoms with E-state index in [4.69, 9.17) is 39.6 Å². The highest BCUT2D eigenvalue weighted by molar-refractivity contribution is 7.89. The molecular formula is C37H53N5O14S. The van der Waals surface area contributed by atoms with Gasteiger partial charge < -0.3 is 44.2 Å². The van der Waals surface area contributed by atoms with Crippen molar-refractivity contribution in [2.24, 2.45) is 0 Å². The minimum Gasteiger partial charge on any atom is -0.493 e. The van der Waals surface area contributed by atoms with Crippen molar-refractivity contribution in [1.29, 1.82) is 0 Å². The van der Waals surface area contributed by atoms with Crippen LogP contribution >= 0.6 is 0 Å². The van der Waals surface area contributed by atoms with E-state index >= 15 is 0 Å². The highest BCUT2D eigenvalue weighted by Crippen LogP contribution is 2.33. The Bertz CT molecular complexity index is 2010. The minimum absolute atomic E-state index is 0.0627. The first-order valence-corrected chi connectivity index (χ1v) is 20.2. The normalized spacial score (nSPS) is 13.8. The number of carbonyl (C=O) groups is 4. The number of benzene rings is 1. The maximum Gasteiger partial charge on any atom is 0.336 e. The lowest BCUT2D eigenvalue weighted by Crippen LogP contribution is -2.49. The van der Waals surface area contributed by atoms with Crippen molar-refractivity contribution in [1.82, 2.24) is 23.7 Å². The summed E-state index contributed by atoms with van der Waals surface area (Å²) in [4.78, 5) is 65.5. The van der Waals surface area contributed by atoms with Crippen LogP contribution in [0.15, 0.2) is 34.1 Å². The Hall–Kier alpha value is -4.89. The number of esters is 1. The number of sulfonamides is 1. The molecule has 0 spiro atoms. The Morgan fingerprint density at radius 2 is 1.56 bits per heavy atom. The van der Waals surface area contributed by atoms with Crippen LogP contribution in [0.4, 0.5) is 0 Å². The molecule has 1 aromatic carbocycles. The number of ether oxygens (including phenoxy) is 3. The van der Waals surface area contributed by atoms with Gasteiger partial charge in [0.1, 0.15) is 30.3 Å². The lowest BCUT2D eigenvalue weighted by molar-refractivity contribution is -0.170. The number of nitrogens with zero attached hydrogens (tertiary/aromatic N) is 4. The van der Waals surface area contributed by atoms with Crippen molar-refractivity contribution in [3.05, 3.63) is 40.3 Å². The maximum atomic E-state index is 13.8. The van der Waals surface area contributed by atoms with Gasteiger partial charge in [0.25, 0.3) is 5.56 Å². The third kappa shape index (κ3) is 12.8. The Balaban J connectivity index is 0.000000573. The molecule has 0 radical (unpaired) electrons. The van der Waals surface area contributed by atoms with E-state index in [9.17, 15) is 32.4 Å². The van der Waals surface area contributed by atoms with Crippen molar-refractivity contribution in [3.63, 3.8) is 0 Å². The van der Waals surface area contributed by atoms with Gasteiger partial charge in [-0.2, -0.15) is 4.31 Å². The summed E-state index contributed by atoms with van der Waals surface area (Å²) in [6.45, 7) is 11.9. The summed E-state index contributed by atoms with van der Waals surface area (Å²) in [7, 11) is -3.84. The summed E-state index contributed by atoms with van der Waals surface area (Å²) >= 11 is 0. The van der Waals surface area contributed by atoms with Crippen LogP contribution in [0.3, 0.4) is 0 Å². The summed E-state index contributed by atoms with van der Waals surface area (Å²) < 4.78 is 47.3. The molecule has 0 amide bonds. The average molecular weight is 824 g/mol. The van der Waals surface area contributed by atoms with Crippen LogP contribution in [0, 0.1) is 0 Å². The predicted octanol–water partition coefficient (Wildman–Crippen LogP) is 2.18. The molecule has 1 aliphatic rings. The second-order valence-corrected chi connectivity index (χ2v) is 15.2. The van der Waals surface area contributed by atoms with Crippen LogP contribution in [0.5, 0.6) is 5.75 Å². The van der Waals surface area contributed by atoms with Crippen molar-refractivity contribution in [3.8, 4) is 17.1 Å². The van der Waals surface area contributed by atoms with Crippen LogP contribution in [0.2, 0.25) is 0 Å². The molecule has 1 aliphatic heterocycles. The monoisotopic (exact) mass is 823 g/mol. The molecule has 20 heteroatoms. The van der Waals surface area contributed by atoms with Gasteiger partial charge in [-0.15, -0.1) is 0 Å². The zero-order valence-electron chi connectivity index (χ0n) is 32.7. The number of hydrogen-bond donors (Lipinski definition) is 5. The minimum atomic E-state index is -3.84. The first-order valence-electron chi connectivity index (χ1n) is 18.8. The van der Waals surface area contributed by atoms with E-state index < -0.39 is 52.3 Å². The Labute approximate surface area is 330 Å². The van der Waals surface area contributed by atoms with Gasteiger partial charge in [0.05, 0.1) is 35.4 Å². The van der Waals surface area contributed by atoms with Gasteiger partial charge in [0.15, 0.2) is 5.60 Å². The van der Waals surface area contributed by atoms with Crippen molar-refractivity contribution in [2.75, 3.05) is 59.2 Å². The standard InChI is InChI=1S/C31H45N5O7S.C6H8O7/c1-5-9-23-21-35(8-4)29-28(23)32-30(33-31(29)38)25-20-24(10-11-26(25)42-18-7-3)44(39,40)36-14-12-34(13-15-36)16-19-43-27(37)22-41-17-6-2;7-3(8)1-6(13,5(11)12)2-4(9)10/h10-11,20-21H,5-9,12-19,22H2,1-4H3,(H,32,33,38);13H,1-2H2,(H,7,8)(H,9,10)(H,11,12). The van der Waals surface area contributed by atoms with Crippen LogP contribution in [0.25, 0.3) is 22.4 Å². The molecule has 19 nitrogen and oxygen atoms in total. The number of rotatable bonds is 21. The Morgan fingerprint density at radius 1 is 0.912 bits per heavy atom. The first-order chi connectivity index (χ1) is 27.0. The van der Waals surface area contributed by atoms with Gasteiger partial charge in [-0.05, 0) is 49.9 Å². The number of aromatic nitrogens is 3. The van der Waals surface area contributed by atoms with E-state index in [1.165, 1.54) is 4.31 Å². The molecular weight excluding hydrogens is 770 g/mol. The smallest absolute Gasteiger partial charge is 0.336 e. The van der Waals surface area contributed by atoms with Crippen LogP contribution in [-0.4, -0.2) is 141 Å². The lowest BCUT2D eigenvalue weighted by atomic mass is 9.96. The number of carboxylic acids is 3. The molecule has 5 N–H and O–H groups in total. The van der Waals surface area contributed by atoms with Gasteiger partial charge in [-0.1, -0.05) is 27.2 Å². The fraction of sp³-hybridized carbons (Fsp3) is 0.568. The number of fused-ring (bicyclic) bond motifs is 1. The largest absolute Gasteiger partial charge is 0.493 e. The van der Waals surface area contributed by atoms with E-state index in [0.29, 0.717) is 74.8 Å². The summed E-state index contributed by atoms with van der Waals surface area (Å²) in [5, 5.41) is 33.8. The zero-order valence-corrected chi connectivity index (χ0v) is 33.5. The highest BCUT2D eigenvalue weighted by Gasteiger charge is 2.41. The summed E-state index contributed by atoms with van der Waals surface area (Å²) in [6.07, 6.45) is 2.95. The molecule has 0 bridgehead atoms. The van der Waals surface area contributed by atoms with Gasteiger partial charge in [-0.3, -0.25) is 19.3 Å². The molecule has 0 aliphatic carbocycles. The number of hydrogen-bond acceptors (Lipinski definition) is 13. The van der Waals surface area contributed by atoms with E-state index in [2.05, 4.69) is 16.8 Å². The van der Waals surface area contributed by atoms with Crippen LogP contribution < -0.4 is 10.3 Å². The number of carboxylic acid groups (broad SMARTS) is 3. The summed E-state index contributed by atoms with van der Waals surface area (Å²) in [5.74, 6) is -4.69.